The molecule has 10 heteroatoms. The van der Waals surface area contributed by atoms with Crippen LogP contribution in [0.1, 0.15) is 46.3 Å². The summed E-state index contributed by atoms with van der Waals surface area (Å²) in [5.74, 6) is 1.16. The molecule has 2 aromatic carbocycles. The Morgan fingerprint density at radius 3 is 2.74 bits per heavy atom. The molecule has 0 aliphatic carbocycles. The van der Waals surface area contributed by atoms with Gasteiger partial charge in [0.05, 0.1) is 16.7 Å². The number of aliphatic hydroxyl groups is 1. The Morgan fingerprint density at radius 1 is 1.10 bits per heavy atom. The van der Waals surface area contributed by atoms with Gasteiger partial charge >= 0.3 is 0 Å². The smallest absolute Gasteiger partial charge is 0.261 e. The topological polar surface area (TPSA) is 127 Å². The summed E-state index contributed by atoms with van der Waals surface area (Å²) >= 11 is 0. The van der Waals surface area contributed by atoms with E-state index < -0.39 is 6.10 Å². The molecule has 220 valence electrons. The normalized spacial score (nSPS) is 15.9. The van der Waals surface area contributed by atoms with E-state index in [0.717, 1.165) is 60.6 Å². The highest BCUT2D eigenvalue weighted by Crippen LogP contribution is 2.30. The Labute approximate surface area is 244 Å². The minimum absolute atomic E-state index is 0.0369. The third-order valence-corrected chi connectivity index (χ3v) is 8.17. The zero-order chi connectivity index (χ0) is 29.2. The molecule has 10 nitrogen and oxygen atoms in total. The highest BCUT2D eigenvalue weighted by atomic mass is 16.5. The van der Waals surface area contributed by atoms with Crippen molar-refractivity contribution in [3.05, 3.63) is 75.2 Å². The molecule has 1 atom stereocenters. The van der Waals surface area contributed by atoms with Crippen molar-refractivity contribution in [2.75, 3.05) is 44.6 Å². The second-order valence-electron chi connectivity index (χ2n) is 11.5. The first-order valence-electron chi connectivity index (χ1n) is 14.7. The molecular formula is C32H38N6O4. The molecular weight excluding hydrogens is 532 g/mol. The predicted molar refractivity (Wildman–Crippen MR) is 163 cm³/mol. The summed E-state index contributed by atoms with van der Waals surface area (Å²) in [5.41, 5.74) is 5.77. The third-order valence-electron chi connectivity index (χ3n) is 8.17. The summed E-state index contributed by atoms with van der Waals surface area (Å²) < 4.78 is 5.81. The lowest BCUT2D eigenvalue weighted by atomic mass is 10.1. The number of aromatic amines is 2. The number of likely N-dealkylation sites (tertiary alicyclic amines) is 1. The Kier molecular flexibility index (Phi) is 7.99. The van der Waals surface area contributed by atoms with Gasteiger partial charge in [-0.3, -0.25) is 9.59 Å². The van der Waals surface area contributed by atoms with Gasteiger partial charge in [-0.2, -0.15) is 0 Å². The Bertz CT molecular complexity index is 1650. The van der Waals surface area contributed by atoms with E-state index in [1.807, 2.05) is 49.1 Å². The van der Waals surface area contributed by atoms with Crippen molar-refractivity contribution in [1.29, 1.82) is 0 Å². The maximum Gasteiger partial charge on any atom is 0.261 e. The van der Waals surface area contributed by atoms with E-state index in [1.165, 1.54) is 12.8 Å². The van der Waals surface area contributed by atoms with Crippen molar-refractivity contribution in [2.24, 2.45) is 0 Å². The van der Waals surface area contributed by atoms with Gasteiger partial charge < -0.3 is 34.9 Å². The lowest BCUT2D eigenvalue weighted by Crippen LogP contribution is -2.29. The number of nitrogens with one attached hydrogen (secondary N) is 3. The van der Waals surface area contributed by atoms with E-state index in [-0.39, 0.29) is 24.6 Å². The molecule has 4 N–H and O–H groups in total. The number of imidazole rings is 1. The molecule has 4 aromatic rings. The van der Waals surface area contributed by atoms with E-state index in [9.17, 15) is 14.7 Å². The zero-order valence-corrected chi connectivity index (χ0v) is 24.2. The van der Waals surface area contributed by atoms with Crippen molar-refractivity contribution < 1.29 is 14.6 Å². The number of anilines is 1. The molecule has 0 radical (unpaired) electrons. The lowest BCUT2D eigenvalue weighted by Gasteiger charge is -2.19. The molecule has 2 aliphatic rings. The van der Waals surface area contributed by atoms with Gasteiger partial charge in [-0.25, -0.2) is 4.98 Å². The number of aryl methyl sites for hydroxylation is 2. The van der Waals surface area contributed by atoms with Gasteiger partial charge in [0.25, 0.3) is 11.5 Å². The van der Waals surface area contributed by atoms with Crippen molar-refractivity contribution in [1.82, 2.24) is 24.8 Å². The quantitative estimate of drug-likeness (QED) is 0.216. The second-order valence-corrected chi connectivity index (χ2v) is 11.5. The fourth-order valence-electron chi connectivity index (χ4n) is 5.96. The van der Waals surface area contributed by atoms with Crippen LogP contribution in [0.15, 0.2) is 47.4 Å². The molecule has 0 unspecified atom stereocenters. The van der Waals surface area contributed by atoms with E-state index in [4.69, 9.17) is 9.72 Å². The molecule has 2 aromatic heterocycles. The van der Waals surface area contributed by atoms with E-state index in [2.05, 4.69) is 20.2 Å². The molecule has 1 fully saturated rings. The average Bonchev–Trinajstić information content (AvgIpc) is 3.70. The summed E-state index contributed by atoms with van der Waals surface area (Å²) in [6.07, 6.45) is 4.26. The number of aliphatic hydroxyl groups excluding tert-OH is 1. The van der Waals surface area contributed by atoms with E-state index in [0.29, 0.717) is 34.7 Å². The maximum atomic E-state index is 13.2. The number of hydrogen-bond acceptors (Lipinski definition) is 7. The number of amides is 1. The van der Waals surface area contributed by atoms with Crippen LogP contribution < -0.4 is 15.6 Å². The number of pyridine rings is 1. The highest BCUT2D eigenvalue weighted by Gasteiger charge is 2.28. The first-order chi connectivity index (χ1) is 20.4. The van der Waals surface area contributed by atoms with Crippen molar-refractivity contribution >= 4 is 22.6 Å². The average molecular weight is 571 g/mol. The summed E-state index contributed by atoms with van der Waals surface area (Å²) in [7, 11) is 0. The van der Waals surface area contributed by atoms with Crippen LogP contribution in [-0.4, -0.2) is 81.2 Å². The van der Waals surface area contributed by atoms with Gasteiger partial charge in [0, 0.05) is 31.4 Å². The molecule has 4 heterocycles. The summed E-state index contributed by atoms with van der Waals surface area (Å²) in [5, 5.41) is 13.8. The molecule has 1 amide bonds. The van der Waals surface area contributed by atoms with Gasteiger partial charge in [0.1, 0.15) is 29.8 Å². The lowest BCUT2D eigenvalue weighted by molar-refractivity contribution is 0.0772. The van der Waals surface area contributed by atoms with Crippen LogP contribution in [0.4, 0.5) is 5.69 Å². The largest absolute Gasteiger partial charge is 0.491 e. The first-order valence-corrected chi connectivity index (χ1v) is 14.7. The molecule has 2 aliphatic heterocycles. The fourth-order valence-corrected chi connectivity index (χ4v) is 5.96. The number of carbonyl (C=O) groups is 1. The molecule has 6 rings (SSSR count). The van der Waals surface area contributed by atoms with Crippen LogP contribution >= 0.6 is 0 Å². The minimum Gasteiger partial charge on any atom is -0.491 e. The molecule has 0 spiro atoms. The third kappa shape index (κ3) is 5.91. The van der Waals surface area contributed by atoms with Gasteiger partial charge in [0.15, 0.2) is 0 Å². The number of ether oxygens (including phenoxy) is 1. The molecule has 1 saturated heterocycles. The number of benzene rings is 2. The number of fused-ring (bicyclic) bond motifs is 2. The molecule has 42 heavy (non-hydrogen) atoms. The van der Waals surface area contributed by atoms with Crippen LogP contribution in [0.25, 0.3) is 22.4 Å². The van der Waals surface area contributed by atoms with Crippen LogP contribution in [0.3, 0.4) is 0 Å². The Morgan fingerprint density at radius 2 is 1.93 bits per heavy atom. The number of rotatable bonds is 11. The van der Waals surface area contributed by atoms with E-state index in [1.54, 1.807) is 12.3 Å². The summed E-state index contributed by atoms with van der Waals surface area (Å²) in [6.45, 7) is 8.96. The van der Waals surface area contributed by atoms with E-state index >= 15 is 0 Å². The predicted octanol–water partition coefficient (Wildman–Crippen LogP) is 3.83. The van der Waals surface area contributed by atoms with Crippen LogP contribution in [-0.2, 0) is 6.54 Å². The van der Waals surface area contributed by atoms with Crippen LogP contribution in [0, 0.1) is 13.8 Å². The Balaban J connectivity index is 1.13. The SMILES string of the molecule is Cc1ccc(OC[C@H](O)CNc2cc[nH]c(=O)c2-c2nc3cc4c(cc3[nH]2)CN(CCCN2CCCC2)C4=O)c(C)c1. The minimum atomic E-state index is -0.805. The summed E-state index contributed by atoms with van der Waals surface area (Å²) in [6, 6.07) is 11.4. The van der Waals surface area contributed by atoms with Crippen molar-refractivity contribution in [3.63, 3.8) is 0 Å². The van der Waals surface area contributed by atoms with Crippen LogP contribution in [0.5, 0.6) is 5.75 Å². The van der Waals surface area contributed by atoms with Gasteiger partial charge in [-0.1, -0.05) is 17.7 Å². The van der Waals surface area contributed by atoms with Gasteiger partial charge in [-0.15, -0.1) is 0 Å². The van der Waals surface area contributed by atoms with Gasteiger partial charge in [-0.05, 0) is 88.1 Å². The Hall–Kier alpha value is -4.15. The standard InChI is InChI=1S/C32H38N6O4/c1-20-6-7-28(21(2)14-20)42-19-23(39)17-34-25-8-9-33-31(40)29(25)30-35-26-15-22-18-38(13-5-12-37-10-3-4-11-37)32(41)24(22)16-27(26)36-30/h6-9,14-16,23,39H,3-5,10-13,17-19H2,1-2H3,(H,35,36)(H2,33,34,40)/t23-/m1/s1. The van der Waals surface area contributed by atoms with Crippen molar-refractivity contribution in [3.8, 4) is 17.1 Å². The van der Waals surface area contributed by atoms with Gasteiger partial charge in [0.2, 0.25) is 0 Å². The van der Waals surface area contributed by atoms with Crippen molar-refractivity contribution in [2.45, 2.75) is 45.8 Å². The summed E-state index contributed by atoms with van der Waals surface area (Å²) in [4.78, 5) is 41.2. The maximum absolute atomic E-state index is 13.2. The molecule has 0 bridgehead atoms. The number of nitrogens with zero attached hydrogens (tertiary/aromatic N) is 3. The molecule has 0 saturated carbocycles. The highest BCUT2D eigenvalue weighted by molar-refractivity contribution is 6.02. The fraction of sp³-hybridized carbons (Fsp3) is 0.406. The number of hydrogen-bond donors (Lipinski definition) is 4. The number of aromatic nitrogens is 3. The monoisotopic (exact) mass is 570 g/mol. The van der Waals surface area contributed by atoms with Crippen LogP contribution in [0.2, 0.25) is 0 Å². The number of carbonyl (C=O) groups excluding carboxylic acids is 1. The number of H-pyrrole nitrogens is 2. The zero-order valence-electron chi connectivity index (χ0n) is 24.2. The second kappa shape index (κ2) is 12.0. The first kappa shape index (κ1) is 28.0.